The SMILES string of the molecule is C=C(O)CC1CCN(c2c(F)cc(-c3cncc(OCC(C)C)n3)cc2F)C1. The zero-order valence-corrected chi connectivity index (χ0v) is 16.2. The van der Waals surface area contributed by atoms with Crippen molar-refractivity contribution in [3.63, 3.8) is 0 Å². The molecule has 0 amide bonds. The van der Waals surface area contributed by atoms with Crippen LogP contribution in [0.4, 0.5) is 14.5 Å². The maximum absolute atomic E-state index is 14.8. The van der Waals surface area contributed by atoms with Gasteiger partial charge >= 0.3 is 0 Å². The van der Waals surface area contributed by atoms with Gasteiger partial charge in [0.1, 0.15) is 17.3 Å². The molecule has 1 saturated heterocycles. The lowest BCUT2D eigenvalue weighted by molar-refractivity contribution is 0.260. The van der Waals surface area contributed by atoms with Crippen molar-refractivity contribution in [2.75, 3.05) is 24.6 Å². The van der Waals surface area contributed by atoms with E-state index in [0.717, 1.165) is 6.42 Å². The van der Waals surface area contributed by atoms with Crippen LogP contribution in [0.5, 0.6) is 5.88 Å². The number of nitrogens with zero attached hydrogens (tertiary/aromatic N) is 3. The number of ether oxygens (including phenoxy) is 1. The molecule has 0 radical (unpaired) electrons. The molecule has 1 aromatic heterocycles. The molecule has 0 saturated carbocycles. The van der Waals surface area contributed by atoms with E-state index >= 15 is 0 Å². The summed E-state index contributed by atoms with van der Waals surface area (Å²) >= 11 is 0. The van der Waals surface area contributed by atoms with Crippen LogP contribution in [0, 0.1) is 23.5 Å². The summed E-state index contributed by atoms with van der Waals surface area (Å²) in [6.45, 7) is 9.01. The van der Waals surface area contributed by atoms with Crippen LogP contribution in [0.25, 0.3) is 11.3 Å². The van der Waals surface area contributed by atoms with Gasteiger partial charge in [-0.2, -0.15) is 0 Å². The van der Waals surface area contributed by atoms with E-state index in [4.69, 9.17) is 4.74 Å². The molecule has 1 N–H and O–H groups in total. The number of benzene rings is 1. The number of hydrogen-bond acceptors (Lipinski definition) is 5. The molecule has 2 heterocycles. The molecule has 1 aromatic carbocycles. The third-order valence-corrected chi connectivity index (χ3v) is 4.62. The summed E-state index contributed by atoms with van der Waals surface area (Å²) in [6.07, 6.45) is 4.12. The van der Waals surface area contributed by atoms with Gasteiger partial charge < -0.3 is 14.7 Å². The number of hydrogen-bond donors (Lipinski definition) is 1. The number of halogens is 2. The maximum Gasteiger partial charge on any atom is 0.232 e. The van der Waals surface area contributed by atoms with Gasteiger partial charge in [-0.25, -0.2) is 13.8 Å². The Morgan fingerprint density at radius 3 is 2.68 bits per heavy atom. The Labute approximate surface area is 163 Å². The van der Waals surface area contributed by atoms with Crippen LogP contribution in [0.15, 0.2) is 36.9 Å². The summed E-state index contributed by atoms with van der Waals surface area (Å²) in [6, 6.07) is 2.54. The Bertz CT molecular complexity index is 834. The standard InChI is InChI=1S/C21H25F2N3O2/c1-13(2)12-28-20-10-24-9-19(25-20)16-7-17(22)21(18(23)8-16)26-5-4-15(11-26)6-14(3)27/h7-10,13,15,27H,3-6,11-12H2,1-2H3. The van der Waals surface area contributed by atoms with Crippen molar-refractivity contribution in [1.82, 2.24) is 9.97 Å². The fourth-order valence-corrected chi connectivity index (χ4v) is 3.36. The van der Waals surface area contributed by atoms with Gasteiger partial charge in [-0.1, -0.05) is 20.4 Å². The number of rotatable bonds is 7. The summed E-state index contributed by atoms with van der Waals surface area (Å²) in [7, 11) is 0. The van der Waals surface area contributed by atoms with Crippen molar-refractivity contribution >= 4 is 5.69 Å². The van der Waals surface area contributed by atoms with E-state index in [-0.39, 0.29) is 17.4 Å². The first-order valence-electron chi connectivity index (χ1n) is 9.39. The lowest BCUT2D eigenvalue weighted by Gasteiger charge is -2.20. The highest BCUT2D eigenvalue weighted by Gasteiger charge is 2.27. The van der Waals surface area contributed by atoms with Gasteiger partial charge in [0.2, 0.25) is 5.88 Å². The number of aliphatic hydroxyl groups is 1. The van der Waals surface area contributed by atoms with Crippen LogP contribution in [-0.2, 0) is 0 Å². The number of anilines is 1. The fourth-order valence-electron chi connectivity index (χ4n) is 3.36. The minimum Gasteiger partial charge on any atom is -0.513 e. The Morgan fingerprint density at radius 1 is 1.32 bits per heavy atom. The van der Waals surface area contributed by atoms with Gasteiger partial charge in [0, 0.05) is 25.1 Å². The minimum absolute atomic E-state index is 0.0463. The molecule has 2 aromatic rings. The third kappa shape index (κ3) is 4.77. The van der Waals surface area contributed by atoms with E-state index in [9.17, 15) is 13.9 Å². The normalized spacial score (nSPS) is 16.6. The molecule has 0 spiro atoms. The molecule has 1 atom stereocenters. The Balaban J connectivity index is 1.81. The molecule has 3 rings (SSSR count). The van der Waals surface area contributed by atoms with Crippen molar-refractivity contribution in [1.29, 1.82) is 0 Å². The van der Waals surface area contributed by atoms with Crippen LogP contribution in [0.2, 0.25) is 0 Å². The molecule has 7 heteroatoms. The molecule has 1 aliphatic rings. The molecule has 150 valence electrons. The van der Waals surface area contributed by atoms with Gasteiger partial charge in [0.25, 0.3) is 0 Å². The first-order valence-corrected chi connectivity index (χ1v) is 9.39. The fraction of sp³-hybridized carbons (Fsp3) is 0.429. The predicted molar refractivity (Wildman–Crippen MR) is 104 cm³/mol. The topological polar surface area (TPSA) is 58.5 Å². The van der Waals surface area contributed by atoms with Crippen LogP contribution < -0.4 is 9.64 Å². The van der Waals surface area contributed by atoms with Crippen molar-refractivity contribution < 1.29 is 18.6 Å². The van der Waals surface area contributed by atoms with Gasteiger partial charge in [-0.15, -0.1) is 0 Å². The van der Waals surface area contributed by atoms with E-state index in [1.165, 1.54) is 24.5 Å². The first-order chi connectivity index (χ1) is 13.3. The molecule has 28 heavy (non-hydrogen) atoms. The second kappa shape index (κ2) is 8.54. The first kappa shape index (κ1) is 20.0. The monoisotopic (exact) mass is 389 g/mol. The smallest absolute Gasteiger partial charge is 0.232 e. The molecule has 1 unspecified atom stereocenters. The average Bonchev–Trinajstić information content (AvgIpc) is 3.06. The van der Waals surface area contributed by atoms with E-state index in [1.54, 1.807) is 4.90 Å². The molecule has 5 nitrogen and oxygen atoms in total. The van der Waals surface area contributed by atoms with Gasteiger partial charge in [0.05, 0.1) is 30.5 Å². The molecular formula is C21H25F2N3O2. The van der Waals surface area contributed by atoms with Crippen LogP contribution in [0.1, 0.15) is 26.7 Å². The van der Waals surface area contributed by atoms with E-state index < -0.39 is 11.6 Å². The highest BCUT2D eigenvalue weighted by atomic mass is 19.1. The molecule has 0 aliphatic carbocycles. The lowest BCUT2D eigenvalue weighted by atomic mass is 10.0. The number of allylic oxidation sites excluding steroid dienone is 1. The molecule has 1 fully saturated rings. The van der Waals surface area contributed by atoms with Crippen LogP contribution in [-0.4, -0.2) is 34.8 Å². The summed E-state index contributed by atoms with van der Waals surface area (Å²) in [5.41, 5.74) is 0.609. The summed E-state index contributed by atoms with van der Waals surface area (Å²) in [5, 5.41) is 9.35. The van der Waals surface area contributed by atoms with Crippen LogP contribution >= 0.6 is 0 Å². The Morgan fingerprint density at radius 2 is 2.04 bits per heavy atom. The highest BCUT2D eigenvalue weighted by molar-refractivity contribution is 5.64. The highest BCUT2D eigenvalue weighted by Crippen LogP contribution is 2.33. The quantitative estimate of drug-likeness (QED) is 0.693. The zero-order valence-electron chi connectivity index (χ0n) is 16.2. The number of aromatic nitrogens is 2. The molecule has 0 bridgehead atoms. The van der Waals surface area contributed by atoms with E-state index in [2.05, 4.69) is 16.5 Å². The third-order valence-electron chi connectivity index (χ3n) is 4.62. The second-order valence-electron chi connectivity index (χ2n) is 7.61. The van der Waals surface area contributed by atoms with Crippen molar-refractivity contribution in [2.24, 2.45) is 11.8 Å². The molecular weight excluding hydrogens is 364 g/mol. The largest absolute Gasteiger partial charge is 0.513 e. The van der Waals surface area contributed by atoms with Gasteiger partial charge in [-0.05, 0) is 30.4 Å². The average molecular weight is 389 g/mol. The predicted octanol–water partition coefficient (Wildman–Crippen LogP) is 4.74. The molecule has 1 aliphatic heterocycles. The Kier molecular flexibility index (Phi) is 6.11. The second-order valence-corrected chi connectivity index (χ2v) is 7.61. The van der Waals surface area contributed by atoms with E-state index in [1.807, 2.05) is 13.8 Å². The van der Waals surface area contributed by atoms with Crippen molar-refractivity contribution in [3.05, 3.63) is 48.5 Å². The van der Waals surface area contributed by atoms with Crippen molar-refractivity contribution in [3.8, 4) is 17.1 Å². The van der Waals surface area contributed by atoms with Crippen LogP contribution in [0.3, 0.4) is 0 Å². The van der Waals surface area contributed by atoms with E-state index in [0.29, 0.717) is 49.2 Å². The number of aliphatic hydroxyl groups excluding tert-OH is 1. The summed E-state index contributed by atoms with van der Waals surface area (Å²) in [4.78, 5) is 10.0. The zero-order chi connectivity index (χ0) is 20.3. The minimum atomic E-state index is -0.645. The van der Waals surface area contributed by atoms with Crippen molar-refractivity contribution in [2.45, 2.75) is 26.7 Å². The van der Waals surface area contributed by atoms with Gasteiger partial charge in [0.15, 0.2) is 0 Å². The lowest BCUT2D eigenvalue weighted by Crippen LogP contribution is -2.22. The maximum atomic E-state index is 14.8. The summed E-state index contributed by atoms with van der Waals surface area (Å²) in [5.74, 6) is -0.407. The Hall–Kier alpha value is -2.70. The summed E-state index contributed by atoms with van der Waals surface area (Å²) < 4.78 is 35.1. The van der Waals surface area contributed by atoms with Gasteiger partial charge in [-0.3, -0.25) is 4.98 Å².